The second kappa shape index (κ2) is 3.46. The quantitative estimate of drug-likeness (QED) is 0.269. The van der Waals surface area contributed by atoms with Crippen LogP contribution in [0.25, 0.3) is 0 Å². The van der Waals surface area contributed by atoms with Gasteiger partial charge in [0.2, 0.25) is 0 Å². The van der Waals surface area contributed by atoms with Crippen molar-refractivity contribution in [1.29, 1.82) is 0 Å². The Labute approximate surface area is 64.3 Å². The monoisotopic (exact) mass is 163 g/mol. The average Bonchev–Trinajstić information content (AvgIpc) is 2.07. The maximum atomic E-state index is 9.10. The summed E-state index contributed by atoms with van der Waals surface area (Å²) in [6.07, 6.45) is -4.36. The molecule has 0 bridgehead atoms. The summed E-state index contributed by atoms with van der Waals surface area (Å²) < 4.78 is 0. The molecule has 4 atom stereocenters. The van der Waals surface area contributed by atoms with Crippen LogP contribution < -0.4 is 5.32 Å². The Balaban J connectivity index is 2.58. The van der Waals surface area contributed by atoms with Crippen LogP contribution in [0.3, 0.4) is 0 Å². The van der Waals surface area contributed by atoms with Crippen LogP contribution >= 0.6 is 0 Å². The van der Waals surface area contributed by atoms with E-state index in [0.717, 1.165) is 0 Å². The molecule has 0 aromatic carbocycles. The maximum Gasteiger partial charge on any atom is 0.133 e. The van der Waals surface area contributed by atoms with Crippen LogP contribution in [0.15, 0.2) is 0 Å². The van der Waals surface area contributed by atoms with Gasteiger partial charge in [-0.1, -0.05) is 0 Å². The number of nitrogens with one attached hydrogen (secondary N) is 1. The van der Waals surface area contributed by atoms with Gasteiger partial charge in [-0.15, -0.1) is 0 Å². The Bertz CT molecular complexity index is 118. The van der Waals surface area contributed by atoms with Gasteiger partial charge in [-0.3, -0.25) is 5.32 Å². The number of aliphatic hydroxyl groups is 4. The molecule has 5 N–H and O–H groups in total. The summed E-state index contributed by atoms with van der Waals surface area (Å²) in [5.74, 6) is 0. The fourth-order valence-electron chi connectivity index (χ4n) is 1.08. The molecule has 0 aromatic rings. The molecule has 1 saturated heterocycles. The highest BCUT2D eigenvalue weighted by Crippen LogP contribution is 2.09. The lowest BCUT2D eigenvalue weighted by Gasteiger charge is -2.21. The van der Waals surface area contributed by atoms with E-state index < -0.39 is 24.5 Å². The van der Waals surface area contributed by atoms with Crippen molar-refractivity contribution < 1.29 is 20.4 Å². The highest BCUT2D eigenvalue weighted by Gasteiger charge is 2.32. The Hall–Kier alpha value is -0.200. The summed E-state index contributed by atoms with van der Waals surface area (Å²) in [7, 11) is 0. The zero-order chi connectivity index (χ0) is 8.43. The minimum absolute atomic E-state index is 0.329. The predicted molar refractivity (Wildman–Crippen MR) is 36.6 cm³/mol. The third kappa shape index (κ3) is 1.88. The van der Waals surface area contributed by atoms with Crippen LogP contribution in [0.5, 0.6) is 0 Å². The van der Waals surface area contributed by atoms with E-state index in [9.17, 15) is 0 Å². The lowest BCUT2D eigenvalue weighted by molar-refractivity contribution is -0.0995. The van der Waals surface area contributed by atoms with E-state index in [1.165, 1.54) is 0 Å². The molecule has 0 aliphatic carbocycles. The van der Waals surface area contributed by atoms with Crippen molar-refractivity contribution in [2.45, 2.75) is 31.0 Å². The van der Waals surface area contributed by atoms with E-state index in [1.807, 2.05) is 0 Å². The summed E-state index contributed by atoms with van der Waals surface area (Å²) in [6, 6.07) is 0. The first-order chi connectivity index (χ1) is 5.13. The van der Waals surface area contributed by atoms with Crippen LogP contribution in [0.1, 0.15) is 6.42 Å². The molecule has 1 rings (SSSR count). The highest BCUT2D eigenvalue weighted by atomic mass is 16.4. The molecule has 0 radical (unpaired) electrons. The zero-order valence-electron chi connectivity index (χ0n) is 6.01. The largest absolute Gasteiger partial charge is 0.390 e. The second-order valence-corrected chi connectivity index (χ2v) is 2.74. The van der Waals surface area contributed by atoms with Gasteiger partial charge in [0, 0.05) is 6.54 Å². The van der Waals surface area contributed by atoms with E-state index in [-0.39, 0.29) is 0 Å². The third-order valence-electron chi connectivity index (χ3n) is 1.86. The molecular weight excluding hydrogens is 150 g/mol. The van der Waals surface area contributed by atoms with Crippen molar-refractivity contribution in [3.05, 3.63) is 0 Å². The zero-order valence-corrected chi connectivity index (χ0v) is 6.01. The van der Waals surface area contributed by atoms with E-state index in [2.05, 4.69) is 5.32 Å². The molecule has 66 valence electrons. The van der Waals surface area contributed by atoms with Gasteiger partial charge in [-0.25, -0.2) is 0 Å². The minimum atomic E-state index is -1.31. The van der Waals surface area contributed by atoms with Crippen LogP contribution in [-0.2, 0) is 0 Å². The molecule has 1 unspecified atom stereocenters. The van der Waals surface area contributed by atoms with E-state index in [4.69, 9.17) is 20.4 Å². The summed E-state index contributed by atoms with van der Waals surface area (Å²) in [4.78, 5) is 0. The average molecular weight is 163 g/mol. The summed E-state index contributed by atoms with van der Waals surface area (Å²) in [6.45, 7) is 0.385. The fourth-order valence-corrected chi connectivity index (χ4v) is 1.08. The van der Waals surface area contributed by atoms with Crippen molar-refractivity contribution in [1.82, 2.24) is 5.32 Å². The van der Waals surface area contributed by atoms with Gasteiger partial charge in [-0.05, 0) is 6.42 Å². The van der Waals surface area contributed by atoms with E-state index in [1.54, 1.807) is 0 Å². The van der Waals surface area contributed by atoms with Crippen molar-refractivity contribution in [2.24, 2.45) is 0 Å². The summed E-state index contributed by atoms with van der Waals surface area (Å²) >= 11 is 0. The maximum absolute atomic E-state index is 9.10. The molecule has 1 heterocycles. The standard InChI is InChI=1S/C6H13NO4/c8-3-1-2-7-6(11)5(10)4(3)9/h3-11H,1-2H2/t3-,4+,5-,6?/m0/s1. The normalized spacial score (nSPS) is 46.9. The van der Waals surface area contributed by atoms with E-state index >= 15 is 0 Å². The first kappa shape index (κ1) is 8.89. The van der Waals surface area contributed by atoms with Gasteiger partial charge in [-0.2, -0.15) is 0 Å². The smallest absolute Gasteiger partial charge is 0.133 e. The van der Waals surface area contributed by atoms with Crippen molar-refractivity contribution in [3.8, 4) is 0 Å². The first-order valence-corrected chi connectivity index (χ1v) is 3.58. The summed E-state index contributed by atoms with van der Waals surface area (Å²) in [5, 5.41) is 38.8. The van der Waals surface area contributed by atoms with Crippen LogP contribution in [0, 0.1) is 0 Å². The highest BCUT2D eigenvalue weighted by molar-refractivity contribution is 4.83. The van der Waals surface area contributed by atoms with E-state index in [0.29, 0.717) is 13.0 Å². The van der Waals surface area contributed by atoms with Crippen molar-refractivity contribution >= 4 is 0 Å². The Kier molecular flexibility index (Phi) is 2.80. The van der Waals surface area contributed by atoms with Gasteiger partial charge in [0.05, 0.1) is 6.10 Å². The molecule has 0 spiro atoms. The van der Waals surface area contributed by atoms with Crippen LogP contribution in [-0.4, -0.2) is 51.5 Å². The van der Waals surface area contributed by atoms with Crippen LogP contribution in [0.4, 0.5) is 0 Å². The molecule has 11 heavy (non-hydrogen) atoms. The Morgan fingerprint density at radius 2 is 1.64 bits per heavy atom. The molecule has 1 aliphatic rings. The number of hydrogen-bond donors (Lipinski definition) is 5. The topological polar surface area (TPSA) is 93.0 Å². The first-order valence-electron chi connectivity index (χ1n) is 3.58. The molecule has 0 amide bonds. The molecule has 1 aliphatic heterocycles. The molecule has 1 fully saturated rings. The number of aliphatic hydroxyl groups excluding tert-OH is 4. The lowest BCUT2D eigenvalue weighted by Crippen LogP contribution is -2.46. The lowest BCUT2D eigenvalue weighted by atomic mass is 10.1. The molecule has 0 saturated carbocycles. The molecule has 5 heteroatoms. The van der Waals surface area contributed by atoms with Gasteiger partial charge in [0.1, 0.15) is 18.4 Å². The summed E-state index contributed by atoms with van der Waals surface area (Å²) in [5.41, 5.74) is 0. The second-order valence-electron chi connectivity index (χ2n) is 2.74. The van der Waals surface area contributed by atoms with Crippen LogP contribution in [0.2, 0.25) is 0 Å². The van der Waals surface area contributed by atoms with Gasteiger partial charge >= 0.3 is 0 Å². The molecular formula is C6H13NO4. The number of hydrogen-bond acceptors (Lipinski definition) is 5. The Morgan fingerprint density at radius 1 is 1.00 bits per heavy atom. The predicted octanol–water partition coefficient (Wildman–Crippen LogP) is -2.62. The van der Waals surface area contributed by atoms with Gasteiger partial charge < -0.3 is 20.4 Å². The van der Waals surface area contributed by atoms with Gasteiger partial charge in [0.15, 0.2) is 0 Å². The van der Waals surface area contributed by atoms with Gasteiger partial charge in [0.25, 0.3) is 0 Å². The fraction of sp³-hybridized carbons (Fsp3) is 1.00. The van der Waals surface area contributed by atoms with Crippen molar-refractivity contribution in [2.75, 3.05) is 6.54 Å². The molecule has 5 nitrogen and oxygen atoms in total. The number of rotatable bonds is 0. The Morgan fingerprint density at radius 3 is 2.27 bits per heavy atom. The van der Waals surface area contributed by atoms with Crippen molar-refractivity contribution in [3.63, 3.8) is 0 Å². The SMILES string of the molecule is OC1NCC[C@H](O)[C@@H](O)[C@@H]1O. The minimum Gasteiger partial charge on any atom is -0.390 e. The molecule has 0 aromatic heterocycles. The third-order valence-corrected chi connectivity index (χ3v) is 1.86.